The Morgan fingerprint density at radius 2 is 2.27 bits per heavy atom. The van der Waals surface area contributed by atoms with Crippen LogP contribution in [-0.4, -0.2) is 36.6 Å². The van der Waals surface area contributed by atoms with Crippen molar-refractivity contribution in [1.29, 1.82) is 0 Å². The van der Waals surface area contributed by atoms with E-state index in [4.69, 9.17) is 0 Å². The Labute approximate surface area is 94.7 Å². The summed E-state index contributed by atoms with van der Waals surface area (Å²) in [6.45, 7) is 14.3. The van der Waals surface area contributed by atoms with Gasteiger partial charge in [-0.05, 0) is 32.4 Å². The second-order valence-electron chi connectivity index (χ2n) is 4.77. The summed E-state index contributed by atoms with van der Waals surface area (Å²) in [4.78, 5) is 2.55. The van der Waals surface area contributed by atoms with Crippen LogP contribution in [0.5, 0.6) is 0 Å². The zero-order chi connectivity index (χ0) is 11.3. The van der Waals surface area contributed by atoms with Crippen LogP contribution >= 0.6 is 0 Å². The van der Waals surface area contributed by atoms with Crippen molar-refractivity contribution in [2.45, 2.75) is 45.7 Å². The molecule has 1 aliphatic heterocycles. The van der Waals surface area contributed by atoms with Gasteiger partial charge < -0.3 is 5.32 Å². The fourth-order valence-corrected chi connectivity index (χ4v) is 2.16. The lowest BCUT2D eigenvalue weighted by atomic mass is 9.98. The Balaban J connectivity index is 2.56. The van der Waals surface area contributed by atoms with Crippen molar-refractivity contribution in [1.82, 2.24) is 10.2 Å². The SMILES string of the molecule is C=CC(C)N1CCCNC(C(C)CC)C1. The minimum absolute atomic E-state index is 0.511. The zero-order valence-corrected chi connectivity index (χ0v) is 10.5. The van der Waals surface area contributed by atoms with Gasteiger partial charge in [-0.15, -0.1) is 6.58 Å². The molecule has 3 unspecified atom stereocenters. The molecule has 2 nitrogen and oxygen atoms in total. The van der Waals surface area contributed by atoms with Crippen LogP contribution in [0.4, 0.5) is 0 Å². The summed E-state index contributed by atoms with van der Waals surface area (Å²) in [5, 5.41) is 3.67. The summed E-state index contributed by atoms with van der Waals surface area (Å²) in [6, 6.07) is 1.16. The molecule has 15 heavy (non-hydrogen) atoms. The molecule has 1 heterocycles. The van der Waals surface area contributed by atoms with E-state index in [1.807, 2.05) is 0 Å². The predicted molar refractivity (Wildman–Crippen MR) is 67.1 cm³/mol. The first-order valence-electron chi connectivity index (χ1n) is 6.29. The van der Waals surface area contributed by atoms with Crippen LogP contribution in [0.25, 0.3) is 0 Å². The molecule has 0 aliphatic carbocycles. The van der Waals surface area contributed by atoms with E-state index in [1.54, 1.807) is 0 Å². The second kappa shape index (κ2) is 6.29. The van der Waals surface area contributed by atoms with Crippen molar-refractivity contribution in [3.05, 3.63) is 12.7 Å². The molecule has 0 bridgehead atoms. The van der Waals surface area contributed by atoms with Crippen molar-refractivity contribution < 1.29 is 0 Å². The van der Waals surface area contributed by atoms with E-state index in [0.29, 0.717) is 12.1 Å². The third kappa shape index (κ3) is 3.62. The lowest BCUT2D eigenvalue weighted by Gasteiger charge is -2.30. The van der Waals surface area contributed by atoms with Crippen LogP contribution in [-0.2, 0) is 0 Å². The number of rotatable bonds is 4. The van der Waals surface area contributed by atoms with Crippen molar-refractivity contribution in [2.75, 3.05) is 19.6 Å². The number of nitrogens with zero attached hydrogens (tertiary/aromatic N) is 1. The zero-order valence-electron chi connectivity index (χ0n) is 10.5. The van der Waals surface area contributed by atoms with E-state index in [9.17, 15) is 0 Å². The highest BCUT2D eigenvalue weighted by Crippen LogP contribution is 2.14. The molecule has 1 N–H and O–H groups in total. The van der Waals surface area contributed by atoms with E-state index < -0.39 is 0 Å². The van der Waals surface area contributed by atoms with Crippen molar-refractivity contribution in [2.24, 2.45) is 5.92 Å². The second-order valence-corrected chi connectivity index (χ2v) is 4.77. The average Bonchev–Trinajstić information content (AvgIpc) is 2.52. The van der Waals surface area contributed by atoms with E-state index >= 15 is 0 Å². The Kier molecular flexibility index (Phi) is 5.34. The third-order valence-electron chi connectivity index (χ3n) is 3.71. The molecule has 0 spiro atoms. The smallest absolute Gasteiger partial charge is 0.0247 e. The molecule has 0 saturated carbocycles. The van der Waals surface area contributed by atoms with Gasteiger partial charge in [0.15, 0.2) is 0 Å². The maximum Gasteiger partial charge on any atom is 0.0247 e. The van der Waals surface area contributed by atoms with Gasteiger partial charge >= 0.3 is 0 Å². The largest absolute Gasteiger partial charge is 0.312 e. The molecular weight excluding hydrogens is 184 g/mol. The van der Waals surface area contributed by atoms with Gasteiger partial charge in [0.2, 0.25) is 0 Å². The van der Waals surface area contributed by atoms with Crippen molar-refractivity contribution >= 4 is 0 Å². The molecule has 0 radical (unpaired) electrons. The Bertz CT molecular complexity index is 191. The molecule has 1 rings (SSSR count). The number of nitrogens with one attached hydrogen (secondary N) is 1. The number of hydrogen-bond donors (Lipinski definition) is 1. The molecule has 2 heteroatoms. The Hall–Kier alpha value is -0.340. The Morgan fingerprint density at radius 1 is 1.53 bits per heavy atom. The van der Waals surface area contributed by atoms with Crippen LogP contribution in [0, 0.1) is 5.92 Å². The van der Waals surface area contributed by atoms with E-state index in [1.165, 1.54) is 25.9 Å². The first-order valence-corrected chi connectivity index (χ1v) is 6.29. The van der Waals surface area contributed by atoms with Gasteiger partial charge in [-0.1, -0.05) is 26.3 Å². The van der Waals surface area contributed by atoms with Gasteiger partial charge in [-0.3, -0.25) is 4.90 Å². The minimum atomic E-state index is 0.511. The molecule has 1 fully saturated rings. The lowest BCUT2D eigenvalue weighted by Crippen LogP contribution is -2.44. The minimum Gasteiger partial charge on any atom is -0.312 e. The van der Waals surface area contributed by atoms with Gasteiger partial charge in [0.05, 0.1) is 0 Å². The maximum absolute atomic E-state index is 3.89. The van der Waals surface area contributed by atoms with Gasteiger partial charge in [-0.2, -0.15) is 0 Å². The molecule has 3 atom stereocenters. The van der Waals surface area contributed by atoms with Crippen molar-refractivity contribution in [3.63, 3.8) is 0 Å². The van der Waals surface area contributed by atoms with Crippen LogP contribution in [0.15, 0.2) is 12.7 Å². The highest BCUT2D eigenvalue weighted by Gasteiger charge is 2.23. The summed E-state index contributed by atoms with van der Waals surface area (Å²) >= 11 is 0. The standard InChI is InChI=1S/C13H26N2/c1-5-11(3)13-10-15(12(4)6-2)9-7-8-14-13/h6,11-14H,2,5,7-10H2,1,3-4H3. The van der Waals surface area contributed by atoms with E-state index in [-0.39, 0.29) is 0 Å². The molecule has 1 saturated heterocycles. The molecule has 0 amide bonds. The Morgan fingerprint density at radius 3 is 2.87 bits per heavy atom. The molecule has 0 aromatic rings. The summed E-state index contributed by atoms with van der Waals surface area (Å²) in [7, 11) is 0. The summed E-state index contributed by atoms with van der Waals surface area (Å²) in [5.74, 6) is 0.766. The first kappa shape index (κ1) is 12.7. The highest BCUT2D eigenvalue weighted by atomic mass is 15.2. The third-order valence-corrected chi connectivity index (χ3v) is 3.71. The first-order chi connectivity index (χ1) is 7.19. The lowest BCUT2D eigenvalue weighted by molar-refractivity contribution is 0.213. The molecular formula is C13H26N2. The topological polar surface area (TPSA) is 15.3 Å². The van der Waals surface area contributed by atoms with E-state index in [0.717, 1.165) is 12.5 Å². The monoisotopic (exact) mass is 210 g/mol. The molecule has 88 valence electrons. The van der Waals surface area contributed by atoms with Crippen LogP contribution in [0.3, 0.4) is 0 Å². The fraction of sp³-hybridized carbons (Fsp3) is 0.846. The fourth-order valence-electron chi connectivity index (χ4n) is 2.16. The predicted octanol–water partition coefficient (Wildman–Crippen LogP) is 2.27. The molecule has 1 aliphatic rings. The normalized spacial score (nSPS) is 28.1. The molecule has 0 aromatic carbocycles. The summed E-state index contributed by atoms with van der Waals surface area (Å²) < 4.78 is 0. The quantitative estimate of drug-likeness (QED) is 0.716. The van der Waals surface area contributed by atoms with Gasteiger partial charge in [-0.25, -0.2) is 0 Å². The van der Waals surface area contributed by atoms with Crippen LogP contribution < -0.4 is 5.32 Å². The van der Waals surface area contributed by atoms with Crippen LogP contribution in [0.2, 0.25) is 0 Å². The van der Waals surface area contributed by atoms with Crippen molar-refractivity contribution in [3.8, 4) is 0 Å². The highest BCUT2D eigenvalue weighted by molar-refractivity contribution is 4.89. The average molecular weight is 210 g/mol. The molecule has 0 aromatic heterocycles. The summed E-state index contributed by atoms with van der Waals surface area (Å²) in [5.41, 5.74) is 0. The van der Waals surface area contributed by atoms with E-state index in [2.05, 4.69) is 43.6 Å². The van der Waals surface area contributed by atoms with Gasteiger partial charge in [0, 0.05) is 18.6 Å². The van der Waals surface area contributed by atoms with Crippen LogP contribution in [0.1, 0.15) is 33.6 Å². The van der Waals surface area contributed by atoms with Gasteiger partial charge in [0.25, 0.3) is 0 Å². The maximum atomic E-state index is 3.89. The number of hydrogen-bond acceptors (Lipinski definition) is 2. The summed E-state index contributed by atoms with van der Waals surface area (Å²) in [6.07, 6.45) is 4.57. The van der Waals surface area contributed by atoms with Gasteiger partial charge in [0.1, 0.15) is 0 Å².